The van der Waals surface area contributed by atoms with Crippen LogP contribution in [0.25, 0.3) is 11.0 Å². The van der Waals surface area contributed by atoms with Crippen molar-refractivity contribution in [2.45, 2.75) is 20.5 Å². The first-order chi connectivity index (χ1) is 11.7. The van der Waals surface area contributed by atoms with Crippen molar-refractivity contribution in [3.05, 3.63) is 65.5 Å². The molecular formula is C19H18N2O3. The highest BCUT2D eigenvalue weighted by Gasteiger charge is 2.14. The quantitative estimate of drug-likeness (QED) is 0.670. The minimum Gasteiger partial charge on any atom is -0.486 e. The molecule has 1 heterocycles. The van der Waals surface area contributed by atoms with Crippen LogP contribution in [0.1, 0.15) is 28.7 Å². The van der Waals surface area contributed by atoms with Gasteiger partial charge >= 0.3 is 5.97 Å². The first kappa shape index (κ1) is 15.9. The minimum absolute atomic E-state index is 0.236. The van der Waals surface area contributed by atoms with Gasteiger partial charge in [0.25, 0.3) is 0 Å². The molecule has 0 spiro atoms. The Morgan fingerprint density at radius 1 is 1.00 bits per heavy atom. The number of hydrogen-bond donors (Lipinski definition) is 0. The Bertz CT molecular complexity index is 877. The van der Waals surface area contributed by atoms with Crippen LogP contribution < -0.4 is 4.74 Å². The number of esters is 1. The van der Waals surface area contributed by atoms with Gasteiger partial charge in [0.15, 0.2) is 0 Å². The molecule has 0 fully saturated rings. The summed E-state index contributed by atoms with van der Waals surface area (Å²) in [5, 5.41) is 0. The van der Waals surface area contributed by atoms with Crippen LogP contribution in [0.4, 0.5) is 0 Å². The normalized spacial score (nSPS) is 10.6. The van der Waals surface area contributed by atoms with E-state index in [2.05, 4.69) is 9.97 Å². The first-order valence-corrected chi connectivity index (χ1v) is 7.80. The van der Waals surface area contributed by atoms with Crippen molar-refractivity contribution in [1.82, 2.24) is 9.97 Å². The summed E-state index contributed by atoms with van der Waals surface area (Å²) in [6, 6.07) is 14.7. The molecule has 3 rings (SSSR count). The van der Waals surface area contributed by atoms with Crippen molar-refractivity contribution < 1.29 is 14.3 Å². The van der Waals surface area contributed by atoms with Crippen LogP contribution in [0.15, 0.2) is 48.5 Å². The fourth-order valence-corrected chi connectivity index (χ4v) is 2.38. The number of carbonyl (C=O) groups excluding carboxylic acids is 1. The van der Waals surface area contributed by atoms with Gasteiger partial charge < -0.3 is 9.47 Å². The predicted octanol–water partition coefficient (Wildman–Crippen LogP) is 3.69. The Morgan fingerprint density at radius 2 is 1.67 bits per heavy atom. The summed E-state index contributed by atoms with van der Waals surface area (Å²) in [5.41, 5.74) is 3.63. The van der Waals surface area contributed by atoms with Crippen LogP contribution in [0.2, 0.25) is 0 Å². The van der Waals surface area contributed by atoms with E-state index in [9.17, 15) is 4.79 Å². The molecule has 0 radical (unpaired) electrons. The van der Waals surface area contributed by atoms with Crippen LogP contribution >= 0.6 is 0 Å². The first-order valence-electron chi connectivity index (χ1n) is 7.80. The summed E-state index contributed by atoms with van der Waals surface area (Å²) >= 11 is 0. The summed E-state index contributed by atoms with van der Waals surface area (Å²) in [4.78, 5) is 21.1. The highest BCUT2D eigenvalue weighted by Crippen LogP contribution is 2.21. The van der Waals surface area contributed by atoms with E-state index in [1.807, 2.05) is 37.3 Å². The van der Waals surface area contributed by atoms with Crippen LogP contribution in [-0.4, -0.2) is 22.5 Å². The van der Waals surface area contributed by atoms with Crippen molar-refractivity contribution >= 4 is 17.0 Å². The smallest absolute Gasteiger partial charge is 0.341 e. The van der Waals surface area contributed by atoms with Crippen molar-refractivity contribution in [3.8, 4) is 5.75 Å². The molecule has 122 valence electrons. The monoisotopic (exact) mass is 322 g/mol. The lowest BCUT2D eigenvalue weighted by Gasteiger charge is -2.12. The number of ether oxygens (including phenoxy) is 2. The highest BCUT2D eigenvalue weighted by atomic mass is 16.5. The number of para-hydroxylation sites is 3. The zero-order valence-corrected chi connectivity index (χ0v) is 13.7. The van der Waals surface area contributed by atoms with Crippen molar-refractivity contribution in [2.75, 3.05) is 6.61 Å². The maximum atomic E-state index is 12.0. The summed E-state index contributed by atoms with van der Waals surface area (Å²) in [7, 11) is 0. The number of fused-ring (bicyclic) bond motifs is 1. The molecule has 2 aromatic carbocycles. The van der Waals surface area contributed by atoms with Crippen LogP contribution in [0.5, 0.6) is 5.75 Å². The van der Waals surface area contributed by atoms with E-state index in [0.29, 0.717) is 17.9 Å². The van der Waals surface area contributed by atoms with Gasteiger partial charge in [-0.3, -0.25) is 0 Å². The lowest BCUT2D eigenvalue weighted by Crippen LogP contribution is -2.09. The maximum Gasteiger partial charge on any atom is 0.341 e. The largest absolute Gasteiger partial charge is 0.486 e. The predicted molar refractivity (Wildman–Crippen MR) is 91.0 cm³/mol. The molecule has 0 aliphatic heterocycles. The molecule has 0 atom stereocenters. The Hall–Kier alpha value is -2.95. The lowest BCUT2D eigenvalue weighted by atomic mass is 10.2. The number of rotatable bonds is 5. The van der Waals surface area contributed by atoms with E-state index in [-0.39, 0.29) is 6.61 Å². The Labute approximate surface area is 140 Å². The molecular weight excluding hydrogens is 304 g/mol. The third-order valence-electron chi connectivity index (χ3n) is 3.59. The Balaban J connectivity index is 1.84. The number of carbonyl (C=O) groups is 1. The van der Waals surface area contributed by atoms with Crippen molar-refractivity contribution in [3.63, 3.8) is 0 Å². The summed E-state index contributed by atoms with van der Waals surface area (Å²) in [5.74, 6) is 0.0831. The van der Waals surface area contributed by atoms with Crippen molar-refractivity contribution in [2.24, 2.45) is 0 Å². The van der Waals surface area contributed by atoms with E-state index in [1.54, 1.807) is 25.1 Å². The van der Waals surface area contributed by atoms with Gasteiger partial charge in [0.1, 0.15) is 17.9 Å². The van der Waals surface area contributed by atoms with Gasteiger partial charge in [-0.2, -0.15) is 0 Å². The minimum atomic E-state index is -0.394. The number of aryl methyl sites for hydroxylation is 1. The van der Waals surface area contributed by atoms with E-state index < -0.39 is 5.97 Å². The number of hydrogen-bond acceptors (Lipinski definition) is 5. The molecule has 0 saturated carbocycles. The third-order valence-corrected chi connectivity index (χ3v) is 3.59. The van der Waals surface area contributed by atoms with Gasteiger partial charge in [0, 0.05) is 0 Å². The van der Waals surface area contributed by atoms with E-state index in [1.165, 1.54) is 0 Å². The molecule has 5 heteroatoms. The second-order valence-corrected chi connectivity index (χ2v) is 5.25. The Kier molecular flexibility index (Phi) is 4.70. The zero-order valence-electron chi connectivity index (χ0n) is 13.7. The summed E-state index contributed by atoms with van der Waals surface area (Å²) in [6.45, 7) is 4.23. The summed E-state index contributed by atoms with van der Waals surface area (Å²) < 4.78 is 10.9. The fraction of sp³-hybridized carbons (Fsp3) is 0.211. The van der Waals surface area contributed by atoms with Gasteiger partial charge in [-0.05, 0) is 38.1 Å². The van der Waals surface area contributed by atoms with Crippen LogP contribution in [0, 0.1) is 6.92 Å². The third kappa shape index (κ3) is 3.35. The molecule has 24 heavy (non-hydrogen) atoms. The molecule has 0 N–H and O–H groups in total. The van der Waals surface area contributed by atoms with E-state index in [4.69, 9.17) is 9.47 Å². The van der Waals surface area contributed by atoms with Crippen LogP contribution in [0.3, 0.4) is 0 Å². The molecule has 0 aliphatic carbocycles. The van der Waals surface area contributed by atoms with Gasteiger partial charge in [-0.15, -0.1) is 0 Å². The standard InChI is InChI=1S/C19H18N2O3/c1-3-23-19(22)14-8-4-7-11-18(14)24-12-17-13(2)20-15-9-5-6-10-16(15)21-17/h4-11H,3,12H2,1-2H3. The average Bonchev–Trinajstić information content (AvgIpc) is 2.60. The molecule has 1 aromatic heterocycles. The fourth-order valence-electron chi connectivity index (χ4n) is 2.38. The SMILES string of the molecule is CCOC(=O)c1ccccc1OCc1nc2ccccc2nc1C. The van der Waals surface area contributed by atoms with E-state index in [0.717, 1.165) is 22.4 Å². The molecule has 0 aliphatic rings. The molecule has 0 amide bonds. The molecule has 3 aromatic rings. The van der Waals surface area contributed by atoms with Crippen molar-refractivity contribution in [1.29, 1.82) is 0 Å². The molecule has 0 bridgehead atoms. The van der Waals surface area contributed by atoms with Crippen LogP contribution in [-0.2, 0) is 11.3 Å². The summed E-state index contributed by atoms with van der Waals surface area (Å²) in [6.07, 6.45) is 0. The average molecular weight is 322 g/mol. The number of benzene rings is 2. The topological polar surface area (TPSA) is 61.3 Å². The molecule has 0 unspecified atom stereocenters. The Morgan fingerprint density at radius 3 is 2.42 bits per heavy atom. The van der Waals surface area contributed by atoms with Gasteiger partial charge in [0.05, 0.1) is 29.0 Å². The highest BCUT2D eigenvalue weighted by molar-refractivity contribution is 5.92. The van der Waals surface area contributed by atoms with Gasteiger partial charge in [-0.1, -0.05) is 24.3 Å². The van der Waals surface area contributed by atoms with Gasteiger partial charge in [0.2, 0.25) is 0 Å². The second-order valence-electron chi connectivity index (χ2n) is 5.25. The second kappa shape index (κ2) is 7.08. The van der Waals surface area contributed by atoms with E-state index >= 15 is 0 Å². The maximum absolute atomic E-state index is 12.0. The lowest BCUT2D eigenvalue weighted by molar-refractivity contribution is 0.0521. The zero-order chi connectivity index (χ0) is 16.9. The number of nitrogens with zero attached hydrogens (tertiary/aromatic N) is 2. The molecule has 5 nitrogen and oxygen atoms in total. The number of aromatic nitrogens is 2. The van der Waals surface area contributed by atoms with Gasteiger partial charge in [-0.25, -0.2) is 14.8 Å². The molecule has 0 saturated heterocycles.